The zero-order valence-corrected chi connectivity index (χ0v) is 15.6. The van der Waals surface area contributed by atoms with Crippen LogP contribution in [0, 0.1) is 27.7 Å². The number of hydrogen-bond donors (Lipinski definition) is 0. The number of carbonyl (C=O) groups excluding carboxylic acids is 2. The molecule has 0 saturated carbocycles. The molecule has 0 spiro atoms. The molecule has 0 bridgehead atoms. The minimum absolute atomic E-state index is 0.0140. The van der Waals surface area contributed by atoms with Crippen molar-refractivity contribution in [3.63, 3.8) is 0 Å². The molecule has 0 saturated heterocycles. The van der Waals surface area contributed by atoms with Gasteiger partial charge in [-0.15, -0.1) is 0 Å². The maximum absolute atomic E-state index is 12.9. The van der Waals surface area contributed by atoms with Gasteiger partial charge in [-0.2, -0.15) is 0 Å². The number of fused-ring (bicyclic) bond motifs is 2. The molecular formula is C20H16O2S2. The van der Waals surface area contributed by atoms with Crippen LogP contribution >= 0.6 is 23.5 Å². The second-order valence-corrected chi connectivity index (χ2v) is 8.48. The molecular weight excluding hydrogens is 336 g/mol. The third kappa shape index (κ3) is 2.20. The fourth-order valence-corrected chi connectivity index (χ4v) is 5.75. The van der Waals surface area contributed by atoms with Crippen LogP contribution in [0.5, 0.6) is 0 Å². The van der Waals surface area contributed by atoms with Crippen molar-refractivity contribution < 1.29 is 9.59 Å². The predicted octanol–water partition coefficient (Wildman–Crippen LogP) is 5.41. The molecule has 0 aliphatic carbocycles. The van der Waals surface area contributed by atoms with Crippen molar-refractivity contribution in [1.29, 1.82) is 0 Å². The van der Waals surface area contributed by atoms with Gasteiger partial charge < -0.3 is 0 Å². The van der Waals surface area contributed by atoms with Crippen LogP contribution in [0.1, 0.15) is 43.0 Å². The highest BCUT2D eigenvalue weighted by Gasteiger charge is 2.37. The first kappa shape index (κ1) is 15.7. The summed E-state index contributed by atoms with van der Waals surface area (Å²) in [5.41, 5.74) is 5.81. The van der Waals surface area contributed by atoms with Crippen molar-refractivity contribution in [2.45, 2.75) is 37.5 Å². The number of benzene rings is 2. The molecule has 0 radical (unpaired) electrons. The summed E-state index contributed by atoms with van der Waals surface area (Å²) >= 11 is 2.90. The van der Waals surface area contributed by atoms with Crippen molar-refractivity contribution in [3.05, 3.63) is 67.5 Å². The van der Waals surface area contributed by atoms with Gasteiger partial charge in [0.15, 0.2) is 0 Å². The van der Waals surface area contributed by atoms with E-state index in [2.05, 4.69) is 12.1 Å². The van der Waals surface area contributed by atoms with Crippen molar-refractivity contribution in [2.24, 2.45) is 0 Å². The Bertz CT molecular complexity index is 904. The maximum atomic E-state index is 12.9. The van der Waals surface area contributed by atoms with Crippen LogP contribution < -0.4 is 0 Å². The number of allylic oxidation sites excluding steroid dienone is 2. The molecule has 0 amide bonds. The van der Waals surface area contributed by atoms with Gasteiger partial charge >= 0.3 is 0 Å². The molecule has 2 aliphatic rings. The van der Waals surface area contributed by atoms with Crippen molar-refractivity contribution in [3.8, 4) is 0 Å². The summed E-state index contributed by atoms with van der Waals surface area (Å²) in [7, 11) is 0. The van der Waals surface area contributed by atoms with Gasteiger partial charge in [0.2, 0.25) is 11.6 Å². The zero-order chi connectivity index (χ0) is 17.2. The summed E-state index contributed by atoms with van der Waals surface area (Å²) in [6.07, 6.45) is 0. The molecule has 0 unspecified atom stereocenters. The number of thioether (sulfide) groups is 2. The third-order valence-corrected chi connectivity index (χ3v) is 7.16. The molecule has 0 aromatic heterocycles. The highest BCUT2D eigenvalue weighted by atomic mass is 32.2. The molecule has 0 N–H and O–H groups in total. The molecule has 2 aromatic carbocycles. The number of Topliss-reactive ketones (excluding diaryl/α,β-unsaturated/α-hetero) is 2. The van der Waals surface area contributed by atoms with E-state index in [1.165, 1.54) is 23.5 Å². The van der Waals surface area contributed by atoms with Gasteiger partial charge in [0.05, 0.1) is 9.81 Å². The number of aryl methyl sites for hydroxylation is 4. The summed E-state index contributed by atoms with van der Waals surface area (Å²) in [5, 5.41) is 0. The lowest BCUT2D eigenvalue weighted by atomic mass is 10.0. The Morgan fingerprint density at radius 2 is 1.00 bits per heavy atom. The molecule has 4 rings (SSSR count). The van der Waals surface area contributed by atoms with Gasteiger partial charge in [-0.1, -0.05) is 46.8 Å². The molecule has 2 nitrogen and oxygen atoms in total. The number of rotatable bonds is 0. The first-order valence-corrected chi connectivity index (χ1v) is 9.42. The topological polar surface area (TPSA) is 34.1 Å². The van der Waals surface area contributed by atoms with E-state index >= 15 is 0 Å². The van der Waals surface area contributed by atoms with Crippen LogP contribution in [0.3, 0.4) is 0 Å². The smallest absolute Gasteiger partial charge is 0.202 e. The fourth-order valence-electron chi connectivity index (χ4n) is 3.36. The van der Waals surface area contributed by atoms with E-state index in [4.69, 9.17) is 0 Å². The molecule has 2 aliphatic heterocycles. The largest absolute Gasteiger partial charge is 0.288 e. The Balaban J connectivity index is 1.86. The van der Waals surface area contributed by atoms with Gasteiger partial charge in [0.1, 0.15) is 0 Å². The van der Waals surface area contributed by atoms with Crippen molar-refractivity contribution in [1.82, 2.24) is 0 Å². The summed E-state index contributed by atoms with van der Waals surface area (Å²) in [6.45, 7) is 8.03. The van der Waals surface area contributed by atoms with Crippen LogP contribution in [0.2, 0.25) is 0 Å². The molecule has 2 heterocycles. The van der Waals surface area contributed by atoms with Gasteiger partial charge in [-0.3, -0.25) is 9.59 Å². The normalized spacial score (nSPS) is 19.0. The number of ketones is 2. The van der Waals surface area contributed by atoms with Crippen LogP contribution in [0.25, 0.3) is 0 Å². The van der Waals surface area contributed by atoms with Crippen LogP contribution in [-0.2, 0) is 0 Å². The lowest BCUT2D eigenvalue weighted by Crippen LogP contribution is -2.02. The first-order chi connectivity index (χ1) is 11.4. The standard InChI is InChI=1S/C20H16O2S2/c1-9-5-11(3)17-13(7-9)15(21)19(23-17)20-16(22)14-8-10(2)6-12(4)18(14)24-20/h5-8H,1-4H3/b20-19+. The Kier molecular flexibility index (Phi) is 3.52. The summed E-state index contributed by atoms with van der Waals surface area (Å²) in [6, 6.07) is 8.02. The van der Waals surface area contributed by atoms with Gasteiger partial charge in [-0.25, -0.2) is 0 Å². The molecule has 0 fully saturated rings. The van der Waals surface area contributed by atoms with Gasteiger partial charge in [0, 0.05) is 20.9 Å². The van der Waals surface area contributed by atoms with Crippen LogP contribution in [0.4, 0.5) is 0 Å². The third-order valence-electron chi connectivity index (χ3n) is 4.35. The minimum Gasteiger partial charge on any atom is -0.288 e. The van der Waals surface area contributed by atoms with E-state index < -0.39 is 0 Å². The van der Waals surface area contributed by atoms with Crippen LogP contribution in [-0.4, -0.2) is 11.6 Å². The average molecular weight is 352 g/mol. The quantitative estimate of drug-likeness (QED) is 0.594. The Morgan fingerprint density at radius 3 is 1.38 bits per heavy atom. The molecule has 4 heteroatoms. The van der Waals surface area contributed by atoms with E-state index in [1.54, 1.807) is 0 Å². The zero-order valence-electron chi connectivity index (χ0n) is 13.9. The van der Waals surface area contributed by atoms with Crippen molar-refractivity contribution in [2.75, 3.05) is 0 Å². The summed E-state index contributed by atoms with van der Waals surface area (Å²) in [5.74, 6) is -0.0281. The van der Waals surface area contributed by atoms with E-state index in [9.17, 15) is 9.59 Å². The fraction of sp³-hybridized carbons (Fsp3) is 0.200. The highest BCUT2D eigenvalue weighted by molar-refractivity contribution is 8.08. The molecule has 120 valence electrons. The Morgan fingerprint density at radius 1 is 0.625 bits per heavy atom. The first-order valence-electron chi connectivity index (χ1n) is 7.78. The second-order valence-electron chi connectivity index (χ2n) is 6.44. The number of carbonyl (C=O) groups is 2. The Labute approximate surface area is 149 Å². The molecule has 2 aromatic rings. The lowest BCUT2D eigenvalue weighted by Gasteiger charge is -2.02. The highest BCUT2D eigenvalue weighted by Crippen LogP contribution is 2.51. The van der Waals surface area contributed by atoms with E-state index in [0.29, 0.717) is 9.81 Å². The molecule has 0 atom stereocenters. The summed E-state index contributed by atoms with van der Waals surface area (Å²) < 4.78 is 0. The second kappa shape index (κ2) is 5.36. The van der Waals surface area contributed by atoms with E-state index in [1.807, 2.05) is 39.8 Å². The minimum atomic E-state index is -0.0140. The summed E-state index contributed by atoms with van der Waals surface area (Å²) in [4.78, 5) is 28.9. The van der Waals surface area contributed by atoms with Crippen LogP contribution in [0.15, 0.2) is 43.9 Å². The van der Waals surface area contributed by atoms with Gasteiger partial charge in [0.25, 0.3) is 0 Å². The number of hydrogen-bond acceptors (Lipinski definition) is 4. The monoisotopic (exact) mass is 352 g/mol. The van der Waals surface area contributed by atoms with Crippen molar-refractivity contribution >= 4 is 35.1 Å². The SMILES string of the molecule is Cc1cc(C)c2c(c1)C(=O)/C(=C1\Sc3c(C)cc(C)cc3C1=O)S2. The predicted molar refractivity (Wildman–Crippen MR) is 99.2 cm³/mol. The van der Waals surface area contributed by atoms with E-state index in [0.717, 1.165) is 43.2 Å². The van der Waals surface area contributed by atoms with E-state index in [-0.39, 0.29) is 11.6 Å². The Hall–Kier alpha value is -1.78. The maximum Gasteiger partial charge on any atom is 0.202 e. The average Bonchev–Trinajstić information content (AvgIpc) is 2.99. The molecule has 24 heavy (non-hydrogen) atoms. The van der Waals surface area contributed by atoms with Gasteiger partial charge in [-0.05, 0) is 51.0 Å². The lowest BCUT2D eigenvalue weighted by molar-refractivity contribution is 0.101.